The molecule has 128 valence electrons. The molecule has 1 heterocycles. The molecule has 0 saturated carbocycles. The second-order valence-corrected chi connectivity index (χ2v) is 7.17. The van der Waals surface area contributed by atoms with E-state index in [2.05, 4.69) is 32.9 Å². The first-order chi connectivity index (χ1) is 12.6. The van der Waals surface area contributed by atoms with Crippen molar-refractivity contribution in [1.82, 2.24) is 4.98 Å². The maximum absolute atomic E-state index is 12.5. The van der Waals surface area contributed by atoms with Gasteiger partial charge in [0.1, 0.15) is 5.52 Å². The zero-order valence-corrected chi connectivity index (χ0v) is 16.2. The highest BCUT2D eigenvalue weighted by molar-refractivity contribution is 14.1. The Kier molecular flexibility index (Phi) is 4.46. The van der Waals surface area contributed by atoms with Gasteiger partial charge in [0, 0.05) is 14.8 Å². The smallest absolute Gasteiger partial charge is 0.256 e. The number of hydrogen-bond donors (Lipinski definition) is 1. The van der Waals surface area contributed by atoms with Crippen LogP contribution in [0.15, 0.2) is 71.1 Å². The summed E-state index contributed by atoms with van der Waals surface area (Å²) in [5, 5.41) is 2.94. The molecule has 0 unspecified atom stereocenters. The number of aromatic nitrogens is 1. The van der Waals surface area contributed by atoms with E-state index in [0.717, 1.165) is 25.8 Å². The lowest BCUT2D eigenvalue weighted by molar-refractivity contribution is 0.102. The first-order valence-corrected chi connectivity index (χ1v) is 9.21. The van der Waals surface area contributed by atoms with Gasteiger partial charge in [0.15, 0.2) is 5.58 Å². The van der Waals surface area contributed by atoms with Gasteiger partial charge in [-0.25, -0.2) is 4.98 Å². The van der Waals surface area contributed by atoms with Gasteiger partial charge >= 0.3 is 0 Å². The number of carbonyl (C=O) groups is 1. The normalized spacial score (nSPS) is 10.8. The maximum atomic E-state index is 12.5. The van der Waals surface area contributed by atoms with Crippen molar-refractivity contribution in [2.45, 2.75) is 6.92 Å². The highest BCUT2D eigenvalue weighted by Gasteiger charge is 2.12. The van der Waals surface area contributed by atoms with E-state index in [-0.39, 0.29) is 5.91 Å². The second kappa shape index (κ2) is 6.92. The number of halogens is 1. The van der Waals surface area contributed by atoms with Crippen molar-refractivity contribution in [2.75, 3.05) is 5.32 Å². The van der Waals surface area contributed by atoms with E-state index in [0.29, 0.717) is 17.1 Å². The molecule has 0 radical (unpaired) electrons. The zero-order chi connectivity index (χ0) is 18.1. The van der Waals surface area contributed by atoms with Crippen molar-refractivity contribution in [2.24, 2.45) is 0 Å². The number of anilines is 1. The second-order valence-electron chi connectivity index (χ2n) is 6.00. The Bertz CT molecular complexity index is 1120. The highest BCUT2D eigenvalue weighted by atomic mass is 127. The monoisotopic (exact) mass is 454 g/mol. The average molecular weight is 454 g/mol. The Morgan fingerprint density at radius 2 is 1.88 bits per heavy atom. The van der Waals surface area contributed by atoms with Crippen molar-refractivity contribution >= 4 is 45.3 Å². The zero-order valence-electron chi connectivity index (χ0n) is 14.0. The van der Waals surface area contributed by atoms with Crippen LogP contribution in [0.5, 0.6) is 0 Å². The Morgan fingerprint density at radius 1 is 1.04 bits per heavy atom. The van der Waals surface area contributed by atoms with Crippen LogP contribution in [0.3, 0.4) is 0 Å². The predicted octanol–water partition coefficient (Wildman–Crippen LogP) is 5.66. The Morgan fingerprint density at radius 3 is 2.73 bits per heavy atom. The number of aryl methyl sites for hydroxylation is 1. The van der Waals surface area contributed by atoms with Crippen molar-refractivity contribution in [3.63, 3.8) is 0 Å². The first-order valence-electron chi connectivity index (χ1n) is 8.14. The number of hydrogen-bond acceptors (Lipinski definition) is 3. The molecule has 1 aromatic heterocycles. The van der Waals surface area contributed by atoms with Crippen LogP contribution in [-0.4, -0.2) is 10.9 Å². The fourth-order valence-corrected chi connectivity index (χ4v) is 3.36. The molecule has 0 bridgehead atoms. The van der Waals surface area contributed by atoms with E-state index in [1.807, 2.05) is 73.7 Å². The third-order valence-corrected chi connectivity index (χ3v) is 4.97. The van der Waals surface area contributed by atoms with Gasteiger partial charge in [-0.05, 0) is 77.5 Å². The summed E-state index contributed by atoms with van der Waals surface area (Å²) in [5.41, 5.74) is 4.87. The summed E-state index contributed by atoms with van der Waals surface area (Å²) in [4.78, 5) is 17.0. The van der Waals surface area contributed by atoms with Gasteiger partial charge in [0.2, 0.25) is 5.89 Å². The van der Waals surface area contributed by atoms with Crippen LogP contribution in [-0.2, 0) is 0 Å². The number of rotatable bonds is 3. The summed E-state index contributed by atoms with van der Waals surface area (Å²) < 4.78 is 6.78. The van der Waals surface area contributed by atoms with Gasteiger partial charge in [-0.15, -0.1) is 0 Å². The van der Waals surface area contributed by atoms with Gasteiger partial charge in [0.05, 0.1) is 5.56 Å². The van der Waals surface area contributed by atoms with Gasteiger partial charge < -0.3 is 9.73 Å². The summed E-state index contributed by atoms with van der Waals surface area (Å²) in [5.74, 6) is 0.399. The number of benzene rings is 3. The Balaban J connectivity index is 1.64. The van der Waals surface area contributed by atoms with Crippen LogP contribution < -0.4 is 5.32 Å². The molecule has 26 heavy (non-hydrogen) atoms. The molecule has 4 rings (SSSR count). The minimum absolute atomic E-state index is 0.139. The first kappa shape index (κ1) is 16.8. The number of fused-ring (bicyclic) bond motifs is 1. The molecule has 4 aromatic rings. The molecule has 0 aliphatic rings. The molecule has 4 nitrogen and oxygen atoms in total. The Labute approximate surface area is 164 Å². The fraction of sp³-hybridized carbons (Fsp3) is 0.0476. The van der Waals surface area contributed by atoms with Crippen LogP contribution in [0.25, 0.3) is 22.6 Å². The van der Waals surface area contributed by atoms with Gasteiger partial charge in [-0.2, -0.15) is 0 Å². The summed E-state index contributed by atoms with van der Waals surface area (Å²) >= 11 is 2.16. The standard InChI is InChI=1S/C21H15IN2O2/c1-13-9-10-18-19(11-13)26-21(24-18)14-5-4-6-15(12-14)23-20(25)16-7-2-3-8-17(16)22/h2-12H,1H3,(H,23,25). The van der Waals surface area contributed by atoms with Crippen LogP contribution in [0.1, 0.15) is 15.9 Å². The summed E-state index contributed by atoms with van der Waals surface area (Å²) in [6.07, 6.45) is 0. The molecule has 0 aliphatic heterocycles. The molecule has 5 heteroatoms. The molecule has 0 atom stereocenters. The van der Waals surface area contributed by atoms with E-state index in [1.54, 1.807) is 0 Å². The van der Waals surface area contributed by atoms with Gasteiger partial charge in [-0.1, -0.05) is 24.3 Å². The number of nitrogens with one attached hydrogen (secondary N) is 1. The fourth-order valence-electron chi connectivity index (χ4n) is 2.73. The average Bonchev–Trinajstić information content (AvgIpc) is 3.05. The molecule has 0 spiro atoms. The van der Waals surface area contributed by atoms with Crippen LogP contribution in [0.4, 0.5) is 5.69 Å². The predicted molar refractivity (Wildman–Crippen MR) is 111 cm³/mol. The minimum Gasteiger partial charge on any atom is -0.436 e. The lowest BCUT2D eigenvalue weighted by Gasteiger charge is -2.07. The molecule has 0 saturated heterocycles. The molecule has 0 aliphatic carbocycles. The summed E-state index contributed by atoms with van der Waals surface area (Å²) in [7, 11) is 0. The third-order valence-electron chi connectivity index (χ3n) is 4.03. The molecule has 1 N–H and O–H groups in total. The van der Waals surface area contributed by atoms with Crippen molar-refractivity contribution in [3.05, 3.63) is 81.4 Å². The maximum Gasteiger partial charge on any atom is 0.256 e. The van der Waals surface area contributed by atoms with E-state index < -0.39 is 0 Å². The highest BCUT2D eigenvalue weighted by Crippen LogP contribution is 2.27. The number of oxazole rings is 1. The molecule has 0 fully saturated rings. The van der Waals surface area contributed by atoms with E-state index in [9.17, 15) is 4.79 Å². The van der Waals surface area contributed by atoms with Crippen LogP contribution >= 0.6 is 22.6 Å². The van der Waals surface area contributed by atoms with E-state index in [1.165, 1.54) is 0 Å². The largest absolute Gasteiger partial charge is 0.436 e. The lowest BCUT2D eigenvalue weighted by atomic mass is 10.1. The summed E-state index contributed by atoms with van der Waals surface area (Å²) in [6.45, 7) is 2.02. The Hall–Kier alpha value is -2.67. The van der Waals surface area contributed by atoms with E-state index >= 15 is 0 Å². The molecular weight excluding hydrogens is 439 g/mol. The molecule has 1 amide bonds. The molecular formula is C21H15IN2O2. The lowest BCUT2D eigenvalue weighted by Crippen LogP contribution is -2.13. The van der Waals surface area contributed by atoms with Crippen molar-refractivity contribution < 1.29 is 9.21 Å². The van der Waals surface area contributed by atoms with Crippen LogP contribution in [0.2, 0.25) is 0 Å². The van der Waals surface area contributed by atoms with Gasteiger partial charge in [-0.3, -0.25) is 4.79 Å². The number of carbonyl (C=O) groups excluding carboxylic acids is 1. The van der Waals surface area contributed by atoms with Crippen molar-refractivity contribution in [3.8, 4) is 11.5 Å². The van der Waals surface area contributed by atoms with Crippen LogP contribution in [0, 0.1) is 10.5 Å². The number of nitrogens with zero attached hydrogens (tertiary/aromatic N) is 1. The van der Waals surface area contributed by atoms with Crippen molar-refractivity contribution in [1.29, 1.82) is 0 Å². The SMILES string of the molecule is Cc1ccc2nc(-c3cccc(NC(=O)c4ccccc4I)c3)oc2c1. The third kappa shape index (κ3) is 3.35. The summed E-state index contributed by atoms with van der Waals surface area (Å²) in [6, 6.07) is 20.9. The minimum atomic E-state index is -0.139. The number of amides is 1. The van der Waals surface area contributed by atoms with Gasteiger partial charge in [0.25, 0.3) is 5.91 Å². The van der Waals surface area contributed by atoms with E-state index in [4.69, 9.17) is 4.42 Å². The topological polar surface area (TPSA) is 55.1 Å². The molecule has 3 aromatic carbocycles. The quantitative estimate of drug-likeness (QED) is 0.407.